The van der Waals surface area contributed by atoms with E-state index in [1.807, 2.05) is 12.1 Å². The van der Waals surface area contributed by atoms with Gasteiger partial charge in [-0.1, -0.05) is 19.1 Å². The SMILES string of the molecule is CCC1CNCc2cc(-c3cccc(F)c3)nn21. The summed E-state index contributed by atoms with van der Waals surface area (Å²) in [4.78, 5) is 0. The molecule has 0 radical (unpaired) electrons. The predicted octanol–water partition coefficient (Wildman–Crippen LogP) is 2.74. The quantitative estimate of drug-likeness (QED) is 0.881. The summed E-state index contributed by atoms with van der Waals surface area (Å²) in [6, 6.07) is 9.04. The first-order chi connectivity index (χ1) is 8.78. The van der Waals surface area contributed by atoms with Gasteiger partial charge in [0.2, 0.25) is 0 Å². The lowest BCUT2D eigenvalue weighted by Gasteiger charge is -2.24. The zero-order chi connectivity index (χ0) is 12.5. The molecule has 18 heavy (non-hydrogen) atoms. The van der Waals surface area contributed by atoms with Crippen LogP contribution in [0.2, 0.25) is 0 Å². The molecule has 1 aliphatic rings. The largest absolute Gasteiger partial charge is 0.309 e. The van der Waals surface area contributed by atoms with Crippen molar-refractivity contribution in [2.24, 2.45) is 0 Å². The Morgan fingerprint density at radius 1 is 1.44 bits per heavy atom. The second-order valence-corrected chi connectivity index (χ2v) is 4.67. The van der Waals surface area contributed by atoms with Crippen molar-refractivity contribution < 1.29 is 4.39 Å². The van der Waals surface area contributed by atoms with Gasteiger partial charge in [0.25, 0.3) is 0 Å². The normalized spacial score (nSPS) is 18.7. The van der Waals surface area contributed by atoms with Crippen LogP contribution in [0.5, 0.6) is 0 Å². The third-order valence-corrected chi connectivity index (χ3v) is 3.44. The molecule has 0 bridgehead atoms. The van der Waals surface area contributed by atoms with E-state index >= 15 is 0 Å². The molecule has 1 N–H and O–H groups in total. The molecule has 0 aliphatic carbocycles. The third kappa shape index (κ3) is 1.93. The molecule has 94 valence electrons. The lowest BCUT2D eigenvalue weighted by molar-refractivity contribution is 0.359. The number of nitrogens with zero attached hydrogens (tertiary/aromatic N) is 2. The van der Waals surface area contributed by atoms with Gasteiger partial charge in [-0.25, -0.2) is 4.39 Å². The van der Waals surface area contributed by atoms with Crippen LogP contribution in [0.15, 0.2) is 30.3 Å². The molecule has 0 saturated carbocycles. The molecule has 2 heterocycles. The number of benzene rings is 1. The van der Waals surface area contributed by atoms with Crippen molar-refractivity contribution in [3.05, 3.63) is 41.8 Å². The van der Waals surface area contributed by atoms with Gasteiger partial charge in [0.15, 0.2) is 0 Å². The minimum atomic E-state index is -0.219. The van der Waals surface area contributed by atoms with E-state index in [0.29, 0.717) is 6.04 Å². The van der Waals surface area contributed by atoms with Gasteiger partial charge in [0.1, 0.15) is 5.82 Å². The lowest BCUT2D eigenvalue weighted by Crippen LogP contribution is -2.33. The Kier molecular flexibility index (Phi) is 2.88. The Labute approximate surface area is 106 Å². The molecule has 4 heteroatoms. The molecule has 3 nitrogen and oxygen atoms in total. The molecule has 0 saturated heterocycles. The van der Waals surface area contributed by atoms with Crippen molar-refractivity contribution in [3.8, 4) is 11.3 Å². The Morgan fingerprint density at radius 2 is 2.33 bits per heavy atom. The average molecular weight is 245 g/mol. The summed E-state index contributed by atoms with van der Waals surface area (Å²) in [5.74, 6) is -0.219. The summed E-state index contributed by atoms with van der Waals surface area (Å²) in [6.45, 7) is 3.94. The van der Waals surface area contributed by atoms with Gasteiger partial charge >= 0.3 is 0 Å². The fraction of sp³-hybridized carbons (Fsp3) is 0.357. The number of nitrogens with one attached hydrogen (secondary N) is 1. The maximum Gasteiger partial charge on any atom is 0.123 e. The van der Waals surface area contributed by atoms with E-state index in [-0.39, 0.29) is 5.82 Å². The topological polar surface area (TPSA) is 29.9 Å². The van der Waals surface area contributed by atoms with Crippen molar-refractivity contribution in [1.29, 1.82) is 0 Å². The maximum atomic E-state index is 13.2. The number of hydrogen-bond acceptors (Lipinski definition) is 2. The lowest BCUT2D eigenvalue weighted by atomic mass is 10.1. The van der Waals surface area contributed by atoms with Crippen molar-refractivity contribution in [2.45, 2.75) is 25.9 Å². The van der Waals surface area contributed by atoms with Crippen molar-refractivity contribution in [3.63, 3.8) is 0 Å². The highest BCUT2D eigenvalue weighted by molar-refractivity contribution is 5.59. The smallest absolute Gasteiger partial charge is 0.123 e. The van der Waals surface area contributed by atoms with Crippen LogP contribution in [-0.2, 0) is 6.54 Å². The van der Waals surface area contributed by atoms with Gasteiger partial charge in [-0.05, 0) is 24.6 Å². The van der Waals surface area contributed by atoms with Crippen LogP contribution in [0.3, 0.4) is 0 Å². The zero-order valence-corrected chi connectivity index (χ0v) is 10.4. The van der Waals surface area contributed by atoms with Crippen molar-refractivity contribution in [1.82, 2.24) is 15.1 Å². The van der Waals surface area contributed by atoms with Crippen LogP contribution < -0.4 is 5.32 Å². The molecule has 0 spiro atoms. The van der Waals surface area contributed by atoms with E-state index in [4.69, 9.17) is 0 Å². The summed E-state index contributed by atoms with van der Waals surface area (Å²) in [7, 11) is 0. The van der Waals surface area contributed by atoms with Gasteiger partial charge in [-0.2, -0.15) is 5.10 Å². The van der Waals surface area contributed by atoms with Crippen molar-refractivity contribution >= 4 is 0 Å². The van der Waals surface area contributed by atoms with Gasteiger partial charge in [0, 0.05) is 18.7 Å². The molecule has 1 aromatic heterocycles. The Morgan fingerprint density at radius 3 is 3.11 bits per heavy atom. The van der Waals surface area contributed by atoms with E-state index in [2.05, 4.69) is 22.0 Å². The molecule has 0 fully saturated rings. The minimum Gasteiger partial charge on any atom is -0.309 e. The molecule has 3 rings (SSSR count). The van der Waals surface area contributed by atoms with Crippen LogP contribution in [0.25, 0.3) is 11.3 Å². The second-order valence-electron chi connectivity index (χ2n) is 4.67. The van der Waals surface area contributed by atoms with Crippen LogP contribution >= 0.6 is 0 Å². The highest BCUT2D eigenvalue weighted by atomic mass is 19.1. The van der Waals surface area contributed by atoms with Gasteiger partial charge in [-0.3, -0.25) is 4.68 Å². The van der Waals surface area contributed by atoms with E-state index in [9.17, 15) is 4.39 Å². The van der Waals surface area contributed by atoms with E-state index < -0.39 is 0 Å². The standard InChI is InChI=1S/C14H16FN3/c1-2-12-8-16-9-13-7-14(17-18(12)13)10-4-3-5-11(15)6-10/h3-7,12,16H,2,8-9H2,1H3. The van der Waals surface area contributed by atoms with Gasteiger partial charge < -0.3 is 5.32 Å². The van der Waals surface area contributed by atoms with Crippen LogP contribution in [0.4, 0.5) is 4.39 Å². The van der Waals surface area contributed by atoms with Gasteiger partial charge in [-0.15, -0.1) is 0 Å². The molecule has 0 amide bonds. The molecule has 1 aliphatic heterocycles. The summed E-state index contributed by atoms with van der Waals surface area (Å²) < 4.78 is 15.3. The van der Waals surface area contributed by atoms with Gasteiger partial charge in [0.05, 0.1) is 17.4 Å². The van der Waals surface area contributed by atoms with Crippen LogP contribution in [-0.4, -0.2) is 16.3 Å². The number of aromatic nitrogens is 2. The van der Waals surface area contributed by atoms with E-state index in [0.717, 1.165) is 30.8 Å². The summed E-state index contributed by atoms with van der Waals surface area (Å²) in [5, 5.41) is 8.01. The number of fused-ring (bicyclic) bond motifs is 1. The highest BCUT2D eigenvalue weighted by Gasteiger charge is 2.20. The minimum absolute atomic E-state index is 0.219. The maximum absolute atomic E-state index is 13.2. The van der Waals surface area contributed by atoms with E-state index in [1.54, 1.807) is 6.07 Å². The first-order valence-electron chi connectivity index (χ1n) is 6.33. The average Bonchev–Trinajstić information content (AvgIpc) is 2.82. The third-order valence-electron chi connectivity index (χ3n) is 3.44. The summed E-state index contributed by atoms with van der Waals surface area (Å²) in [5.41, 5.74) is 2.87. The zero-order valence-electron chi connectivity index (χ0n) is 10.4. The Hall–Kier alpha value is -1.68. The Balaban J connectivity index is 2.02. The van der Waals surface area contributed by atoms with Crippen LogP contribution in [0, 0.1) is 5.82 Å². The predicted molar refractivity (Wildman–Crippen MR) is 68.7 cm³/mol. The summed E-state index contributed by atoms with van der Waals surface area (Å²) >= 11 is 0. The summed E-state index contributed by atoms with van der Waals surface area (Å²) in [6.07, 6.45) is 1.05. The fourth-order valence-corrected chi connectivity index (χ4v) is 2.44. The first-order valence-corrected chi connectivity index (χ1v) is 6.33. The highest BCUT2D eigenvalue weighted by Crippen LogP contribution is 2.25. The van der Waals surface area contributed by atoms with E-state index in [1.165, 1.54) is 17.8 Å². The molecule has 2 aromatic rings. The molecule has 1 atom stereocenters. The Bertz CT molecular complexity index is 562. The second kappa shape index (κ2) is 4.53. The molecule has 1 unspecified atom stereocenters. The molecular formula is C14H16FN3. The molecule has 1 aromatic carbocycles. The number of halogens is 1. The number of hydrogen-bond donors (Lipinski definition) is 1. The monoisotopic (exact) mass is 245 g/mol. The number of rotatable bonds is 2. The van der Waals surface area contributed by atoms with Crippen LogP contribution in [0.1, 0.15) is 25.1 Å². The van der Waals surface area contributed by atoms with Crippen molar-refractivity contribution in [2.75, 3.05) is 6.54 Å². The fourth-order valence-electron chi connectivity index (χ4n) is 2.44. The first kappa shape index (κ1) is 11.4. The molecular weight excluding hydrogens is 229 g/mol.